The molecule has 0 bridgehead atoms. The number of anilines is 1. The van der Waals surface area contributed by atoms with E-state index in [2.05, 4.69) is 10.1 Å². The van der Waals surface area contributed by atoms with Crippen molar-refractivity contribution < 1.29 is 37.4 Å². The number of hydrogen-bond donors (Lipinski definition) is 1. The Hall–Kier alpha value is -3.49. The molecule has 0 aliphatic rings. The Morgan fingerprint density at radius 3 is 2.36 bits per heavy atom. The molecule has 0 fully saturated rings. The largest absolute Gasteiger partial charge is 0.482 e. The van der Waals surface area contributed by atoms with E-state index < -0.39 is 31.7 Å². The van der Waals surface area contributed by atoms with E-state index in [0.717, 1.165) is 0 Å². The molecule has 0 spiro atoms. The Morgan fingerprint density at radius 1 is 1.00 bits per heavy atom. The van der Waals surface area contributed by atoms with E-state index in [0.29, 0.717) is 17.0 Å². The maximum absolute atomic E-state index is 12.1. The quantitative estimate of drug-likeness (QED) is 0.520. The van der Waals surface area contributed by atoms with Crippen molar-refractivity contribution in [3.05, 3.63) is 54.1 Å². The van der Waals surface area contributed by atoms with Gasteiger partial charge in [0.15, 0.2) is 19.0 Å². The zero-order chi connectivity index (χ0) is 20.5. The van der Waals surface area contributed by atoms with Gasteiger partial charge in [-0.3, -0.25) is 9.59 Å². The van der Waals surface area contributed by atoms with Crippen molar-refractivity contribution in [2.24, 2.45) is 0 Å². The minimum atomic E-state index is -2.94. The van der Waals surface area contributed by atoms with E-state index in [9.17, 15) is 23.2 Å². The molecule has 28 heavy (non-hydrogen) atoms. The van der Waals surface area contributed by atoms with Gasteiger partial charge in [0, 0.05) is 11.3 Å². The van der Waals surface area contributed by atoms with Gasteiger partial charge >= 0.3 is 12.6 Å². The van der Waals surface area contributed by atoms with Crippen LogP contribution in [-0.4, -0.2) is 37.5 Å². The molecule has 0 atom stereocenters. The Morgan fingerprint density at radius 2 is 1.71 bits per heavy atom. The number of ether oxygens (including phenoxy) is 3. The summed E-state index contributed by atoms with van der Waals surface area (Å²) in [6.45, 7) is -2.52. The smallest absolute Gasteiger partial charge is 0.387 e. The first-order valence-corrected chi connectivity index (χ1v) is 8.07. The Labute approximate surface area is 159 Å². The van der Waals surface area contributed by atoms with Crippen LogP contribution in [0.1, 0.15) is 17.3 Å². The molecular formula is C19H17F2NO6. The average molecular weight is 393 g/mol. The molecule has 0 aromatic heterocycles. The zero-order valence-electron chi connectivity index (χ0n) is 14.8. The highest BCUT2D eigenvalue weighted by Crippen LogP contribution is 2.17. The fraction of sp³-hybridized carbons (Fsp3) is 0.211. The van der Waals surface area contributed by atoms with Crippen molar-refractivity contribution in [2.45, 2.75) is 13.5 Å². The Kier molecular flexibility index (Phi) is 7.44. The summed E-state index contributed by atoms with van der Waals surface area (Å²) < 4.78 is 38.3. The fourth-order valence-corrected chi connectivity index (χ4v) is 2.05. The molecule has 9 heteroatoms. The molecule has 0 saturated heterocycles. The van der Waals surface area contributed by atoms with Gasteiger partial charge in [-0.2, -0.15) is 8.78 Å². The molecule has 2 aromatic carbocycles. The van der Waals surface area contributed by atoms with Crippen LogP contribution in [0.5, 0.6) is 11.5 Å². The number of rotatable bonds is 9. The van der Waals surface area contributed by atoms with Gasteiger partial charge in [0.05, 0.1) is 0 Å². The van der Waals surface area contributed by atoms with Crippen molar-refractivity contribution in [1.82, 2.24) is 0 Å². The third-order valence-electron chi connectivity index (χ3n) is 3.32. The van der Waals surface area contributed by atoms with Crippen LogP contribution >= 0.6 is 0 Å². The normalized spacial score (nSPS) is 10.3. The maximum atomic E-state index is 12.1. The van der Waals surface area contributed by atoms with E-state index in [1.165, 1.54) is 37.3 Å². The lowest BCUT2D eigenvalue weighted by atomic mass is 10.1. The number of benzene rings is 2. The van der Waals surface area contributed by atoms with E-state index in [1.54, 1.807) is 18.2 Å². The Balaban J connectivity index is 1.74. The lowest BCUT2D eigenvalue weighted by molar-refractivity contribution is -0.149. The van der Waals surface area contributed by atoms with Crippen molar-refractivity contribution in [2.75, 3.05) is 18.5 Å². The highest BCUT2D eigenvalue weighted by Gasteiger charge is 2.10. The van der Waals surface area contributed by atoms with Gasteiger partial charge in [-0.25, -0.2) is 4.79 Å². The number of hydrogen-bond acceptors (Lipinski definition) is 6. The zero-order valence-corrected chi connectivity index (χ0v) is 14.8. The number of amides is 1. The van der Waals surface area contributed by atoms with Gasteiger partial charge in [-0.1, -0.05) is 12.1 Å². The van der Waals surface area contributed by atoms with Crippen LogP contribution in [0.3, 0.4) is 0 Å². The van der Waals surface area contributed by atoms with Gasteiger partial charge in [0.1, 0.15) is 11.5 Å². The molecule has 0 heterocycles. The fourth-order valence-electron chi connectivity index (χ4n) is 2.05. The maximum Gasteiger partial charge on any atom is 0.387 e. The van der Waals surface area contributed by atoms with Crippen LogP contribution in [0.4, 0.5) is 14.5 Å². The summed E-state index contributed by atoms with van der Waals surface area (Å²) in [5.74, 6) is -1.26. The third kappa shape index (κ3) is 7.02. The summed E-state index contributed by atoms with van der Waals surface area (Å²) in [7, 11) is 0. The average Bonchev–Trinajstić information content (AvgIpc) is 2.66. The summed E-state index contributed by atoms with van der Waals surface area (Å²) in [5, 5.41) is 2.43. The second kappa shape index (κ2) is 10.0. The van der Waals surface area contributed by atoms with Crippen LogP contribution in [0, 0.1) is 0 Å². The summed E-state index contributed by atoms with van der Waals surface area (Å²) in [6, 6.07) is 11.5. The van der Waals surface area contributed by atoms with Crippen LogP contribution in [0.25, 0.3) is 0 Å². The number of alkyl halides is 2. The summed E-state index contributed by atoms with van der Waals surface area (Å²) in [5.41, 5.74) is 0.759. The van der Waals surface area contributed by atoms with Crippen molar-refractivity contribution >= 4 is 23.3 Å². The number of ketones is 1. The monoisotopic (exact) mass is 393 g/mol. The number of Topliss-reactive ketones (excluding diaryl/α,β-unsaturated/α-hetero) is 1. The molecule has 7 nitrogen and oxygen atoms in total. The predicted octanol–water partition coefficient (Wildman–Crippen LogP) is 3.05. The topological polar surface area (TPSA) is 90.9 Å². The second-order valence-electron chi connectivity index (χ2n) is 5.48. The van der Waals surface area contributed by atoms with E-state index in [4.69, 9.17) is 9.47 Å². The summed E-state index contributed by atoms with van der Waals surface area (Å²) in [6.07, 6.45) is 0. The highest BCUT2D eigenvalue weighted by molar-refractivity contribution is 5.94. The molecule has 2 rings (SSSR count). The van der Waals surface area contributed by atoms with Gasteiger partial charge in [-0.15, -0.1) is 0 Å². The van der Waals surface area contributed by atoms with Gasteiger partial charge in [-0.05, 0) is 43.3 Å². The first-order valence-electron chi connectivity index (χ1n) is 8.07. The number of carbonyl (C=O) groups excluding carboxylic acids is 3. The molecule has 148 valence electrons. The van der Waals surface area contributed by atoms with E-state index in [1.807, 2.05) is 0 Å². The third-order valence-corrected chi connectivity index (χ3v) is 3.32. The molecule has 0 aliphatic carbocycles. The lowest BCUT2D eigenvalue weighted by Gasteiger charge is -2.09. The van der Waals surface area contributed by atoms with Gasteiger partial charge in [0.2, 0.25) is 0 Å². The van der Waals surface area contributed by atoms with Crippen molar-refractivity contribution in [3.8, 4) is 11.5 Å². The van der Waals surface area contributed by atoms with Crippen LogP contribution in [0.2, 0.25) is 0 Å². The molecule has 2 aromatic rings. The first kappa shape index (κ1) is 20.8. The summed E-state index contributed by atoms with van der Waals surface area (Å²) in [4.78, 5) is 34.7. The number of carbonyl (C=O) groups is 3. The number of halogens is 2. The molecule has 0 aliphatic heterocycles. The molecule has 1 N–H and O–H groups in total. The summed E-state index contributed by atoms with van der Waals surface area (Å²) >= 11 is 0. The minimum Gasteiger partial charge on any atom is -0.482 e. The molecule has 0 radical (unpaired) electrons. The second-order valence-corrected chi connectivity index (χ2v) is 5.48. The highest BCUT2D eigenvalue weighted by atomic mass is 19.3. The standard InChI is InChI=1S/C19H17F2NO6/c1-12(23)13-3-2-4-16(9-13)26-11-18(25)27-10-17(24)22-14-5-7-15(8-6-14)28-19(20)21/h2-9,19H,10-11H2,1H3,(H,22,24). The SMILES string of the molecule is CC(=O)c1cccc(OCC(=O)OCC(=O)Nc2ccc(OC(F)F)cc2)c1. The van der Waals surface area contributed by atoms with Crippen LogP contribution < -0.4 is 14.8 Å². The van der Waals surface area contributed by atoms with Crippen molar-refractivity contribution in [1.29, 1.82) is 0 Å². The Bertz CT molecular complexity index is 839. The molecule has 0 saturated carbocycles. The van der Waals surface area contributed by atoms with Gasteiger partial charge in [0.25, 0.3) is 5.91 Å². The first-order chi connectivity index (χ1) is 13.3. The van der Waals surface area contributed by atoms with Crippen molar-refractivity contribution in [3.63, 3.8) is 0 Å². The molecular weight excluding hydrogens is 376 g/mol. The lowest BCUT2D eigenvalue weighted by Crippen LogP contribution is -2.23. The number of esters is 1. The molecule has 0 unspecified atom stereocenters. The number of nitrogens with one attached hydrogen (secondary N) is 1. The van der Waals surface area contributed by atoms with Crippen LogP contribution in [0.15, 0.2) is 48.5 Å². The van der Waals surface area contributed by atoms with E-state index in [-0.39, 0.29) is 11.5 Å². The van der Waals surface area contributed by atoms with Gasteiger partial charge < -0.3 is 19.5 Å². The van der Waals surface area contributed by atoms with E-state index >= 15 is 0 Å². The van der Waals surface area contributed by atoms with Crippen LogP contribution in [-0.2, 0) is 14.3 Å². The molecule has 1 amide bonds. The predicted molar refractivity (Wildman–Crippen MR) is 94.6 cm³/mol. The minimum absolute atomic E-state index is 0.0505.